The first-order valence-electron chi connectivity index (χ1n) is 6.76. The summed E-state index contributed by atoms with van der Waals surface area (Å²) in [7, 11) is 0. The van der Waals surface area contributed by atoms with Gasteiger partial charge in [-0.1, -0.05) is 6.92 Å². The van der Waals surface area contributed by atoms with Gasteiger partial charge in [-0.05, 0) is 23.9 Å². The van der Waals surface area contributed by atoms with Crippen molar-refractivity contribution >= 4 is 17.5 Å². The van der Waals surface area contributed by atoms with Gasteiger partial charge in [0.2, 0.25) is 5.78 Å². The van der Waals surface area contributed by atoms with Crippen LogP contribution in [0.2, 0.25) is 0 Å². The van der Waals surface area contributed by atoms with E-state index in [-0.39, 0.29) is 0 Å². The van der Waals surface area contributed by atoms with Crippen molar-refractivity contribution in [1.82, 2.24) is 0 Å². The summed E-state index contributed by atoms with van der Waals surface area (Å²) in [6.07, 6.45) is -5.81. The topological polar surface area (TPSA) is 26.3 Å². The molecular formula is C14H10F8O2S. The number of carbonyl (C=O) groups excluding carboxylic acids is 1. The number of benzene rings is 1. The average Bonchev–Trinajstić information content (AvgIpc) is 2.66. The molecule has 2 rings (SSSR count). The Morgan fingerprint density at radius 2 is 1.80 bits per heavy atom. The molecule has 1 atom stereocenters. The summed E-state index contributed by atoms with van der Waals surface area (Å²) in [5, 5.41) is 0. The Labute approximate surface area is 140 Å². The molecule has 1 aliphatic carbocycles. The van der Waals surface area contributed by atoms with Gasteiger partial charge in [0.05, 0.1) is 12.5 Å². The van der Waals surface area contributed by atoms with E-state index < -0.39 is 75.9 Å². The van der Waals surface area contributed by atoms with Crippen molar-refractivity contribution in [2.45, 2.75) is 35.8 Å². The van der Waals surface area contributed by atoms with Crippen LogP contribution in [0.3, 0.4) is 0 Å². The zero-order valence-electron chi connectivity index (χ0n) is 12.4. The van der Waals surface area contributed by atoms with Crippen LogP contribution in [-0.2, 0) is 6.42 Å². The lowest BCUT2D eigenvalue weighted by molar-refractivity contribution is -0.176. The van der Waals surface area contributed by atoms with E-state index in [1.54, 1.807) is 0 Å². The first-order chi connectivity index (χ1) is 11.2. The molecule has 0 fully saturated rings. The number of hydrogen-bond acceptors (Lipinski definition) is 3. The van der Waals surface area contributed by atoms with Crippen LogP contribution in [0.5, 0.6) is 5.75 Å². The number of rotatable bonds is 4. The SMILES string of the molecule is CC(COc1ccc(SC(F)(F)F)c2c1CC(F)(F)C2=O)C(F)(F)F. The molecule has 1 aromatic carbocycles. The van der Waals surface area contributed by atoms with Gasteiger partial charge in [0.15, 0.2) is 0 Å². The monoisotopic (exact) mass is 394 g/mol. The Hall–Kier alpha value is -1.52. The van der Waals surface area contributed by atoms with Crippen LogP contribution >= 0.6 is 11.8 Å². The molecule has 1 unspecified atom stereocenters. The summed E-state index contributed by atoms with van der Waals surface area (Å²) in [5.74, 6) is -8.12. The highest BCUT2D eigenvalue weighted by Gasteiger charge is 2.50. The van der Waals surface area contributed by atoms with Gasteiger partial charge >= 0.3 is 17.6 Å². The summed E-state index contributed by atoms with van der Waals surface area (Å²) in [6.45, 7) is -0.116. The van der Waals surface area contributed by atoms with Gasteiger partial charge in [0.1, 0.15) is 5.75 Å². The molecule has 0 spiro atoms. The Kier molecular flexibility index (Phi) is 5.01. The standard InChI is InChI=1S/C14H10F8O2S/c1-6(13(17,18)19)5-24-8-2-3-9(25-14(20,21)22)10-7(8)4-12(15,16)11(10)23/h2-3,6H,4-5H2,1H3. The van der Waals surface area contributed by atoms with E-state index in [2.05, 4.69) is 0 Å². The molecule has 25 heavy (non-hydrogen) atoms. The fraction of sp³-hybridized carbons (Fsp3) is 0.500. The maximum Gasteiger partial charge on any atom is 0.446 e. The number of ether oxygens (including phenoxy) is 1. The minimum Gasteiger partial charge on any atom is -0.493 e. The van der Waals surface area contributed by atoms with Gasteiger partial charge in [0.25, 0.3) is 0 Å². The van der Waals surface area contributed by atoms with Crippen LogP contribution in [0.1, 0.15) is 22.8 Å². The Morgan fingerprint density at radius 3 is 2.32 bits per heavy atom. The van der Waals surface area contributed by atoms with Gasteiger partial charge in [0, 0.05) is 22.4 Å². The van der Waals surface area contributed by atoms with Crippen molar-refractivity contribution in [2.75, 3.05) is 6.61 Å². The fourth-order valence-electron chi connectivity index (χ4n) is 2.17. The molecule has 0 radical (unpaired) electrons. The van der Waals surface area contributed by atoms with Crippen LogP contribution in [0, 0.1) is 5.92 Å². The average molecular weight is 394 g/mol. The third-order valence-corrected chi connectivity index (χ3v) is 4.25. The molecule has 1 aliphatic rings. The van der Waals surface area contributed by atoms with Crippen molar-refractivity contribution in [3.05, 3.63) is 23.3 Å². The van der Waals surface area contributed by atoms with Crippen molar-refractivity contribution in [2.24, 2.45) is 5.92 Å². The summed E-state index contributed by atoms with van der Waals surface area (Å²) >= 11 is -0.742. The first kappa shape index (κ1) is 19.8. The highest BCUT2D eigenvalue weighted by atomic mass is 32.2. The molecule has 0 bridgehead atoms. The second-order valence-electron chi connectivity index (χ2n) is 5.43. The summed E-state index contributed by atoms with van der Waals surface area (Å²) in [4.78, 5) is 11.0. The third-order valence-electron chi connectivity index (χ3n) is 3.46. The number of Topliss-reactive ketones (excluding diaryl/α,β-unsaturated/α-hetero) is 1. The molecular weight excluding hydrogens is 384 g/mol. The second kappa shape index (κ2) is 6.33. The van der Waals surface area contributed by atoms with Gasteiger partial charge in [-0.15, -0.1) is 0 Å². The maximum absolute atomic E-state index is 13.6. The molecule has 11 heteroatoms. The fourth-order valence-corrected chi connectivity index (χ4v) is 2.87. The summed E-state index contributed by atoms with van der Waals surface area (Å²) in [5.41, 5.74) is -6.19. The van der Waals surface area contributed by atoms with Crippen molar-refractivity contribution in [3.8, 4) is 5.75 Å². The second-order valence-corrected chi connectivity index (χ2v) is 6.53. The summed E-state index contributed by atoms with van der Waals surface area (Å²) in [6, 6.07) is 1.61. The van der Waals surface area contributed by atoms with E-state index in [4.69, 9.17) is 4.74 Å². The summed E-state index contributed by atoms with van der Waals surface area (Å²) < 4.78 is 107. The molecule has 1 aromatic rings. The van der Waals surface area contributed by atoms with E-state index >= 15 is 0 Å². The molecule has 0 N–H and O–H groups in total. The van der Waals surface area contributed by atoms with E-state index in [1.807, 2.05) is 0 Å². The van der Waals surface area contributed by atoms with Crippen LogP contribution in [0.4, 0.5) is 35.1 Å². The Morgan fingerprint density at radius 1 is 1.20 bits per heavy atom. The molecule has 0 saturated heterocycles. The largest absolute Gasteiger partial charge is 0.493 e. The lowest BCUT2D eigenvalue weighted by Crippen LogP contribution is -2.26. The third kappa shape index (κ3) is 4.36. The normalized spacial score (nSPS) is 18.2. The van der Waals surface area contributed by atoms with Gasteiger partial charge in [-0.2, -0.15) is 35.1 Å². The highest BCUT2D eigenvalue weighted by Crippen LogP contribution is 2.47. The van der Waals surface area contributed by atoms with Crippen molar-refractivity contribution < 1.29 is 44.7 Å². The first-order valence-corrected chi connectivity index (χ1v) is 7.58. The van der Waals surface area contributed by atoms with Crippen molar-refractivity contribution in [1.29, 1.82) is 0 Å². The molecule has 0 aliphatic heterocycles. The Bertz CT molecular complexity index is 681. The molecule has 0 heterocycles. The highest BCUT2D eigenvalue weighted by molar-refractivity contribution is 8.00. The van der Waals surface area contributed by atoms with Crippen molar-refractivity contribution in [3.63, 3.8) is 0 Å². The molecule has 0 saturated carbocycles. The lowest BCUT2D eigenvalue weighted by atomic mass is 10.1. The maximum atomic E-state index is 13.6. The lowest BCUT2D eigenvalue weighted by Gasteiger charge is -2.18. The molecule has 0 aromatic heterocycles. The molecule has 140 valence electrons. The minimum atomic E-state index is -4.82. The van der Waals surface area contributed by atoms with Crippen LogP contribution in [0.15, 0.2) is 17.0 Å². The smallest absolute Gasteiger partial charge is 0.446 e. The van der Waals surface area contributed by atoms with Gasteiger partial charge in [-0.25, -0.2) is 0 Å². The zero-order valence-corrected chi connectivity index (χ0v) is 13.2. The number of hydrogen-bond donors (Lipinski definition) is 0. The van der Waals surface area contributed by atoms with E-state index in [0.29, 0.717) is 0 Å². The van der Waals surface area contributed by atoms with E-state index in [9.17, 15) is 39.9 Å². The van der Waals surface area contributed by atoms with Gasteiger partial charge < -0.3 is 4.74 Å². The predicted molar refractivity (Wildman–Crippen MR) is 72.0 cm³/mol. The zero-order chi connectivity index (χ0) is 19.2. The van der Waals surface area contributed by atoms with Crippen LogP contribution < -0.4 is 4.74 Å². The van der Waals surface area contributed by atoms with E-state index in [1.165, 1.54) is 0 Å². The number of fused-ring (bicyclic) bond motifs is 1. The Balaban J connectivity index is 2.38. The van der Waals surface area contributed by atoms with E-state index in [0.717, 1.165) is 19.1 Å². The number of carbonyl (C=O) groups is 1. The number of alkyl halides is 8. The minimum absolute atomic E-state index is 0.455. The number of thioether (sulfide) groups is 1. The van der Waals surface area contributed by atoms with Gasteiger partial charge in [-0.3, -0.25) is 4.79 Å². The molecule has 0 amide bonds. The predicted octanol–water partition coefficient (Wildman–Crippen LogP) is 5.25. The number of halogens is 8. The van der Waals surface area contributed by atoms with Crippen LogP contribution in [-0.4, -0.2) is 30.0 Å². The quantitative estimate of drug-likeness (QED) is 0.516. The molecule has 2 nitrogen and oxygen atoms in total. The van der Waals surface area contributed by atoms with Crippen LogP contribution in [0.25, 0.3) is 0 Å². The number of ketones is 1.